The SMILES string of the molecule is CCS(=N)(=O)SC. The number of hydrogen-bond acceptors (Lipinski definition) is 3. The molecule has 0 amide bonds. The van der Waals surface area contributed by atoms with Crippen LogP contribution in [0.15, 0.2) is 0 Å². The van der Waals surface area contributed by atoms with Gasteiger partial charge in [0, 0.05) is 5.75 Å². The Labute approximate surface area is 48.1 Å². The molecule has 1 N–H and O–H groups in total. The molecular formula is C3H9NOS2. The summed E-state index contributed by atoms with van der Waals surface area (Å²) in [6.45, 7) is 1.76. The van der Waals surface area contributed by atoms with E-state index in [1.165, 1.54) is 0 Å². The topological polar surface area (TPSA) is 40.9 Å². The molecule has 0 aromatic carbocycles. The molecular weight excluding hydrogens is 130 g/mol. The molecule has 0 saturated heterocycles. The highest BCUT2D eigenvalue weighted by Gasteiger charge is 1.94. The summed E-state index contributed by atoms with van der Waals surface area (Å²) in [5.41, 5.74) is 0. The van der Waals surface area contributed by atoms with E-state index in [9.17, 15) is 4.21 Å². The van der Waals surface area contributed by atoms with Gasteiger partial charge >= 0.3 is 0 Å². The van der Waals surface area contributed by atoms with Crippen LogP contribution in [0.4, 0.5) is 0 Å². The van der Waals surface area contributed by atoms with Crippen LogP contribution in [0.25, 0.3) is 0 Å². The normalized spacial score (nSPS) is 18.6. The van der Waals surface area contributed by atoms with Crippen LogP contribution >= 0.6 is 10.8 Å². The van der Waals surface area contributed by atoms with Gasteiger partial charge in [-0.25, -0.2) is 8.99 Å². The molecule has 2 nitrogen and oxygen atoms in total. The van der Waals surface area contributed by atoms with E-state index in [0.717, 1.165) is 10.8 Å². The highest BCUT2D eigenvalue weighted by atomic mass is 33.1. The fraction of sp³-hybridized carbons (Fsp3) is 1.00. The lowest BCUT2D eigenvalue weighted by Gasteiger charge is -1.93. The molecule has 0 aromatic heterocycles. The quantitative estimate of drug-likeness (QED) is 0.586. The van der Waals surface area contributed by atoms with Gasteiger partial charge in [-0.1, -0.05) is 17.7 Å². The fourth-order valence-corrected chi connectivity index (χ4v) is 1.06. The molecule has 0 radical (unpaired) electrons. The molecule has 0 bridgehead atoms. The van der Waals surface area contributed by atoms with Crippen LogP contribution in [-0.4, -0.2) is 16.2 Å². The minimum Gasteiger partial charge on any atom is -0.244 e. The van der Waals surface area contributed by atoms with E-state index in [2.05, 4.69) is 0 Å². The van der Waals surface area contributed by atoms with Crippen molar-refractivity contribution in [2.75, 3.05) is 12.0 Å². The lowest BCUT2D eigenvalue weighted by atomic mass is 11.0. The van der Waals surface area contributed by atoms with Crippen LogP contribution in [0.5, 0.6) is 0 Å². The molecule has 0 aliphatic carbocycles. The molecule has 0 saturated carbocycles. The second kappa shape index (κ2) is 2.57. The van der Waals surface area contributed by atoms with Crippen molar-refractivity contribution in [2.24, 2.45) is 0 Å². The minimum atomic E-state index is -2.24. The van der Waals surface area contributed by atoms with Gasteiger partial charge in [-0.05, 0) is 6.26 Å². The van der Waals surface area contributed by atoms with Crippen molar-refractivity contribution in [2.45, 2.75) is 6.92 Å². The molecule has 1 atom stereocenters. The van der Waals surface area contributed by atoms with Gasteiger partial charge in [0.05, 0.1) is 8.76 Å². The lowest BCUT2D eigenvalue weighted by molar-refractivity contribution is 0.685. The monoisotopic (exact) mass is 139 g/mol. The van der Waals surface area contributed by atoms with Gasteiger partial charge in [-0.3, -0.25) is 0 Å². The summed E-state index contributed by atoms with van der Waals surface area (Å²) in [6.07, 6.45) is 1.69. The molecule has 0 aliphatic rings. The Morgan fingerprint density at radius 1 is 1.86 bits per heavy atom. The predicted molar refractivity (Wildman–Crippen MR) is 34.9 cm³/mol. The van der Waals surface area contributed by atoms with Crippen LogP contribution in [0.2, 0.25) is 0 Å². The first-order chi connectivity index (χ1) is 3.12. The maximum atomic E-state index is 10.6. The molecule has 0 spiro atoms. The van der Waals surface area contributed by atoms with Crippen molar-refractivity contribution in [1.29, 1.82) is 4.78 Å². The molecule has 0 rings (SSSR count). The summed E-state index contributed by atoms with van der Waals surface area (Å²) in [5, 5.41) is 0. The zero-order chi connectivity index (χ0) is 5.91. The van der Waals surface area contributed by atoms with Crippen molar-refractivity contribution >= 4 is 19.6 Å². The first-order valence-electron chi connectivity index (χ1n) is 1.94. The van der Waals surface area contributed by atoms with Gasteiger partial charge in [0.1, 0.15) is 0 Å². The van der Waals surface area contributed by atoms with Crippen LogP contribution in [0.1, 0.15) is 6.92 Å². The number of hydrogen-bond donors (Lipinski definition) is 1. The Hall–Kier alpha value is 0.300. The Morgan fingerprint density at radius 2 is 2.29 bits per heavy atom. The van der Waals surface area contributed by atoms with Crippen LogP contribution in [-0.2, 0) is 8.76 Å². The van der Waals surface area contributed by atoms with Gasteiger partial charge in [-0.15, -0.1) is 0 Å². The van der Waals surface area contributed by atoms with Crippen LogP contribution in [0.3, 0.4) is 0 Å². The molecule has 0 aliphatic heterocycles. The van der Waals surface area contributed by atoms with Gasteiger partial charge < -0.3 is 0 Å². The second-order valence-electron chi connectivity index (χ2n) is 1.07. The van der Waals surface area contributed by atoms with Crippen LogP contribution in [0, 0.1) is 4.78 Å². The maximum Gasteiger partial charge on any atom is 0.0955 e. The van der Waals surface area contributed by atoms with E-state index in [0.29, 0.717) is 5.75 Å². The second-order valence-corrected chi connectivity index (χ2v) is 5.83. The minimum absolute atomic E-state index is 0.453. The summed E-state index contributed by atoms with van der Waals surface area (Å²) in [4.78, 5) is 0. The Balaban J connectivity index is 3.89. The van der Waals surface area contributed by atoms with Crippen LogP contribution < -0.4 is 0 Å². The molecule has 1 unspecified atom stereocenters. The van der Waals surface area contributed by atoms with Gasteiger partial charge in [0.25, 0.3) is 0 Å². The van der Waals surface area contributed by atoms with E-state index >= 15 is 0 Å². The van der Waals surface area contributed by atoms with Crippen molar-refractivity contribution in [1.82, 2.24) is 0 Å². The number of nitrogens with one attached hydrogen (secondary N) is 1. The van der Waals surface area contributed by atoms with E-state index < -0.39 is 8.76 Å². The fourth-order valence-electron chi connectivity index (χ4n) is 0.118. The molecule has 4 heteroatoms. The summed E-state index contributed by atoms with van der Waals surface area (Å²) in [5.74, 6) is 0.453. The summed E-state index contributed by atoms with van der Waals surface area (Å²) < 4.78 is 17.5. The molecule has 0 heterocycles. The summed E-state index contributed by atoms with van der Waals surface area (Å²) in [7, 11) is -1.12. The van der Waals surface area contributed by atoms with Crippen molar-refractivity contribution in [3.05, 3.63) is 0 Å². The Morgan fingerprint density at radius 3 is 2.29 bits per heavy atom. The molecule has 7 heavy (non-hydrogen) atoms. The largest absolute Gasteiger partial charge is 0.244 e. The Kier molecular flexibility index (Phi) is 2.68. The van der Waals surface area contributed by atoms with E-state index in [-0.39, 0.29) is 0 Å². The Bertz CT molecular complexity index is 116. The summed E-state index contributed by atoms with van der Waals surface area (Å²) in [6, 6.07) is 0. The zero-order valence-electron chi connectivity index (χ0n) is 4.43. The standard InChI is InChI=1S/C3H9NOS2/c1-3-7(4,5)6-2/h4H,3H2,1-2H3. The third-order valence-corrected chi connectivity index (χ3v) is 4.27. The molecule has 0 aromatic rings. The van der Waals surface area contributed by atoms with E-state index in [4.69, 9.17) is 4.78 Å². The smallest absolute Gasteiger partial charge is 0.0955 e. The predicted octanol–water partition coefficient (Wildman–Crippen LogP) is 1.33. The van der Waals surface area contributed by atoms with Crippen molar-refractivity contribution < 1.29 is 4.21 Å². The first-order valence-corrected chi connectivity index (χ1v) is 5.41. The van der Waals surface area contributed by atoms with E-state index in [1.54, 1.807) is 13.2 Å². The summed E-state index contributed by atoms with van der Waals surface area (Å²) >= 11 is 0. The average Bonchev–Trinajstić information content (AvgIpc) is 1.68. The zero-order valence-corrected chi connectivity index (χ0v) is 6.06. The maximum absolute atomic E-state index is 10.6. The third kappa shape index (κ3) is 2.93. The van der Waals surface area contributed by atoms with Gasteiger partial charge in [0.15, 0.2) is 0 Å². The first kappa shape index (κ1) is 7.30. The highest BCUT2D eigenvalue weighted by Crippen LogP contribution is 2.06. The van der Waals surface area contributed by atoms with Crippen molar-refractivity contribution in [3.8, 4) is 0 Å². The third-order valence-electron chi connectivity index (χ3n) is 0.649. The molecule has 44 valence electrons. The van der Waals surface area contributed by atoms with Gasteiger partial charge in [-0.2, -0.15) is 0 Å². The lowest BCUT2D eigenvalue weighted by Crippen LogP contribution is -1.90. The highest BCUT2D eigenvalue weighted by molar-refractivity contribution is 8.72. The van der Waals surface area contributed by atoms with Crippen molar-refractivity contribution in [3.63, 3.8) is 0 Å². The molecule has 0 fully saturated rings. The van der Waals surface area contributed by atoms with Gasteiger partial charge in [0.2, 0.25) is 0 Å². The van der Waals surface area contributed by atoms with E-state index in [1.807, 2.05) is 0 Å². The number of rotatable bonds is 2. The average molecular weight is 139 g/mol.